The molecule has 1 unspecified atom stereocenters. The number of nitrogens with one attached hydrogen (secondary N) is 2. The van der Waals surface area contributed by atoms with Crippen LogP contribution in [0.3, 0.4) is 0 Å². The van der Waals surface area contributed by atoms with E-state index in [9.17, 15) is 14.9 Å². The van der Waals surface area contributed by atoms with E-state index in [4.69, 9.17) is 4.74 Å². The molecule has 0 aliphatic carbocycles. The lowest BCUT2D eigenvalue weighted by Crippen LogP contribution is -3.08. The predicted molar refractivity (Wildman–Crippen MR) is 104 cm³/mol. The summed E-state index contributed by atoms with van der Waals surface area (Å²) in [5.41, 5.74) is 2.63. The van der Waals surface area contributed by atoms with E-state index in [-0.39, 0.29) is 18.1 Å². The van der Waals surface area contributed by atoms with Gasteiger partial charge in [-0.1, -0.05) is 38.1 Å². The number of carbonyl (C=O) groups excluding carboxylic acids is 1. The molecule has 0 heterocycles. The summed E-state index contributed by atoms with van der Waals surface area (Å²) in [6.07, 6.45) is 0. The number of methoxy groups -OCH3 is 1. The van der Waals surface area contributed by atoms with Crippen molar-refractivity contribution in [3.8, 4) is 5.75 Å². The Balaban J connectivity index is 1.98. The Morgan fingerprint density at radius 3 is 2.44 bits per heavy atom. The summed E-state index contributed by atoms with van der Waals surface area (Å²) in [6.45, 7) is 5.24. The van der Waals surface area contributed by atoms with Gasteiger partial charge in [-0.15, -0.1) is 0 Å². The standard InChI is InChI=1S/C20H25N3O4/c1-14(2)16-7-5-15(6-8-16)12-22(3)13-20(24)21-18-11-17(23(25)26)9-10-19(18)27-4/h5-11,14H,12-13H2,1-4H3,(H,21,24)/p+1. The van der Waals surface area contributed by atoms with Crippen LogP contribution >= 0.6 is 0 Å². The van der Waals surface area contributed by atoms with E-state index in [2.05, 4.69) is 43.4 Å². The van der Waals surface area contributed by atoms with Crippen molar-refractivity contribution < 1.29 is 19.4 Å². The van der Waals surface area contributed by atoms with Crippen LogP contribution < -0.4 is 15.0 Å². The van der Waals surface area contributed by atoms with Gasteiger partial charge in [0.05, 0.1) is 24.8 Å². The van der Waals surface area contributed by atoms with Gasteiger partial charge in [-0.25, -0.2) is 0 Å². The molecule has 7 nitrogen and oxygen atoms in total. The van der Waals surface area contributed by atoms with Gasteiger partial charge in [-0.2, -0.15) is 0 Å². The second kappa shape index (κ2) is 9.14. The van der Waals surface area contributed by atoms with Crippen molar-refractivity contribution in [1.29, 1.82) is 0 Å². The average molecular weight is 372 g/mol. The van der Waals surface area contributed by atoms with Crippen molar-refractivity contribution in [2.45, 2.75) is 26.3 Å². The van der Waals surface area contributed by atoms with Crippen molar-refractivity contribution in [1.82, 2.24) is 0 Å². The van der Waals surface area contributed by atoms with Crippen molar-refractivity contribution >= 4 is 17.3 Å². The van der Waals surface area contributed by atoms with Gasteiger partial charge in [0.15, 0.2) is 6.54 Å². The summed E-state index contributed by atoms with van der Waals surface area (Å²) < 4.78 is 5.17. The Morgan fingerprint density at radius 1 is 1.22 bits per heavy atom. The highest BCUT2D eigenvalue weighted by Gasteiger charge is 2.16. The summed E-state index contributed by atoms with van der Waals surface area (Å²) in [5, 5.41) is 13.6. The molecule has 1 atom stereocenters. The smallest absolute Gasteiger partial charge is 0.279 e. The Labute approximate surface area is 159 Å². The molecule has 2 N–H and O–H groups in total. The molecule has 2 rings (SSSR count). The zero-order valence-corrected chi connectivity index (χ0v) is 16.1. The summed E-state index contributed by atoms with van der Waals surface area (Å²) >= 11 is 0. The third kappa shape index (κ3) is 5.79. The van der Waals surface area contributed by atoms with Gasteiger partial charge in [0.25, 0.3) is 11.6 Å². The molecule has 0 bridgehead atoms. The molecule has 0 fully saturated rings. The number of quaternary nitrogens is 1. The summed E-state index contributed by atoms with van der Waals surface area (Å²) in [6, 6.07) is 12.5. The monoisotopic (exact) mass is 372 g/mol. The molecular formula is C20H26N3O4+. The molecule has 0 aliphatic rings. The second-order valence-corrected chi connectivity index (χ2v) is 6.90. The molecule has 7 heteroatoms. The lowest BCUT2D eigenvalue weighted by atomic mass is 10.0. The lowest BCUT2D eigenvalue weighted by Gasteiger charge is -2.15. The number of anilines is 1. The van der Waals surface area contributed by atoms with Crippen molar-refractivity contribution in [2.75, 3.05) is 26.0 Å². The fourth-order valence-corrected chi connectivity index (χ4v) is 2.81. The van der Waals surface area contributed by atoms with Crippen LogP contribution in [0.1, 0.15) is 30.9 Å². The molecule has 27 heavy (non-hydrogen) atoms. The quantitative estimate of drug-likeness (QED) is 0.550. The number of likely N-dealkylation sites (N-methyl/N-ethyl adjacent to an activating group) is 1. The number of ether oxygens (including phenoxy) is 1. The number of amides is 1. The van der Waals surface area contributed by atoms with Crippen molar-refractivity contribution in [2.24, 2.45) is 0 Å². The van der Waals surface area contributed by atoms with Crippen LogP contribution in [0.5, 0.6) is 5.75 Å². The molecule has 0 saturated carbocycles. The summed E-state index contributed by atoms with van der Waals surface area (Å²) in [5.74, 6) is 0.640. The van der Waals surface area contributed by atoms with E-state index < -0.39 is 4.92 Å². The number of nitrogens with zero attached hydrogens (tertiary/aromatic N) is 1. The normalized spacial score (nSPS) is 11.9. The van der Waals surface area contributed by atoms with Gasteiger partial charge in [0.2, 0.25) is 0 Å². The molecule has 0 radical (unpaired) electrons. The summed E-state index contributed by atoms with van der Waals surface area (Å²) in [4.78, 5) is 23.8. The van der Waals surface area contributed by atoms with Gasteiger partial charge >= 0.3 is 0 Å². The Kier molecular flexibility index (Phi) is 6.90. The maximum Gasteiger partial charge on any atom is 0.279 e. The van der Waals surface area contributed by atoms with E-state index in [0.717, 1.165) is 10.5 Å². The minimum Gasteiger partial charge on any atom is -0.495 e. The van der Waals surface area contributed by atoms with Crippen LogP contribution in [0.4, 0.5) is 11.4 Å². The lowest BCUT2D eigenvalue weighted by molar-refractivity contribution is -0.885. The highest BCUT2D eigenvalue weighted by atomic mass is 16.6. The molecule has 2 aromatic rings. The zero-order valence-electron chi connectivity index (χ0n) is 16.1. The number of benzene rings is 2. The van der Waals surface area contributed by atoms with Gasteiger partial charge in [-0.3, -0.25) is 14.9 Å². The summed E-state index contributed by atoms with van der Waals surface area (Å²) in [7, 11) is 3.38. The minimum absolute atomic E-state index is 0.1000. The number of rotatable bonds is 8. The molecule has 1 amide bonds. The number of hydrogen-bond acceptors (Lipinski definition) is 4. The van der Waals surface area contributed by atoms with Crippen molar-refractivity contribution in [3.63, 3.8) is 0 Å². The second-order valence-electron chi connectivity index (χ2n) is 6.90. The van der Waals surface area contributed by atoms with Crippen LogP contribution in [0.2, 0.25) is 0 Å². The van der Waals surface area contributed by atoms with Crippen LogP contribution in [-0.4, -0.2) is 31.5 Å². The van der Waals surface area contributed by atoms with Gasteiger partial charge in [0, 0.05) is 17.7 Å². The molecule has 0 aromatic heterocycles. The van der Waals surface area contributed by atoms with Gasteiger partial charge in [0.1, 0.15) is 12.3 Å². The van der Waals surface area contributed by atoms with Crippen LogP contribution in [0, 0.1) is 10.1 Å². The SMILES string of the molecule is COc1ccc([N+](=O)[O-])cc1NC(=O)C[NH+](C)Cc1ccc(C(C)C)cc1. The highest BCUT2D eigenvalue weighted by molar-refractivity contribution is 5.93. The van der Waals surface area contributed by atoms with Crippen molar-refractivity contribution in [3.05, 3.63) is 63.7 Å². The topological polar surface area (TPSA) is 85.9 Å². The maximum atomic E-state index is 12.3. The fourth-order valence-electron chi connectivity index (χ4n) is 2.81. The Bertz CT molecular complexity index is 803. The number of nitro groups is 1. The van der Waals surface area contributed by atoms with Gasteiger partial charge in [-0.05, 0) is 17.5 Å². The number of non-ortho nitro benzene ring substituents is 1. The number of nitro benzene ring substituents is 1. The molecule has 2 aromatic carbocycles. The van der Waals surface area contributed by atoms with Crippen LogP contribution in [0.25, 0.3) is 0 Å². The van der Waals surface area contributed by atoms with E-state index in [1.807, 2.05) is 7.05 Å². The molecule has 0 saturated heterocycles. The molecule has 0 spiro atoms. The highest BCUT2D eigenvalue weighted by Crippen LogP contribution is 2.28. The Hall–Kier alpha value is -2.93. The molecule has 144 valence electrons. The number of hydrogen-bond donors (Lipinski definition) is 2. The first kappa shape index (κ1) is 20.4. The average Bonchev–Trinajstić information content (AvgIpc) is 2.61. The van der Waals surface area contributed by atoms with E-state index >= 15 is 0 Å². The fraction of sp³-hybridized carbons (Fsp3) is 0.350. The maximum absolute atomic E-state index is 12.3. The first-order valence-corrected chi connectivity index (χ1v) is 8.82. The van der Waals surface area contributed by atoms with Crippen LogP contribution in [0.15, 0.2) is 42.5 Å². The van der Waals surface area contributed by atoms with E-state index in [0.29, 0.717) is 23.9 Å². The van der Waals surface area contributed by atoms with E-state index in [1.54, 1.807) is 0 Å². The largest absolute Gasteiger partial charge is 0.495 e. The Morgan fingerprint density at radius 2 is 1.89 bits per heavy atom. The third-order valence-corrected chi connectivity index (χ3v) is 4.28. The zero-order chi connectivity index (χ0) is 20.0. The van der Waals surface area contributed by atoms with Gasteiger partial charge < -0.3 is 15.0 Å². The molecular weight excluding hydrogens is 346 g/mol. The predicted octanol–water partition coefficient (Wildman–Crippen LogP) is 2.38. The number of carbonyl (C=O) groups is 1. The minimum atomic E-state index is -0.507. The first-order valence-electron chi connectivity index (χ1n) is 8.82. The first-order chi connectivity index (χ1) is 12.8. The third-order valence-electron chi connectivity index (χ3n) is 4.28. The molecule has 0 aliphatic heterocycles. The van der Waals surface area contributed by atoms with E-state index in [1.165, 1.54) is 30.9 Å². The van der Waals surface area contributed by atoms with Crippen LogP contribution in [-0.2, 0) is 11.3 Å².